The Kier molecular flexibility index (Phi) is 3.35. The van der Waals surface area contributed by atoms with Crippen LogP contribution in [0, 0.1) is 5.82 Å². The van der Waals surface area contributed by atoms with E-state index < -0.39 is 0 Å². The van der Waals surface area contributed by atoms with E-state index in [1.807, 2.05) is 6.26 Å². The maximum atomic E-state index is 12.9. The Balaban J connectivity index is 1.95. The van der Waals surface area contributed by atoms with E-state index in [1.165, 1.54) is 23.9 Å². The Bertz CT molecular complexity index is 600. The van der Waals surface area contributed by atoms with Crippen molar-refractivity contribution in [1.29, 1.82) is 0 Å². The third kappa shape index (κ3) is 2.54. The number of hydrogen-bond donors (Lipinski definition) is 2. The van der Waals surface area contributed by atoms with Crippen molar-refractivity contribution in [3.05, 3.63) is 41.3 Å². The number of nitrogens with zero attached hydrogens (tertiary/aromatic N) is 2. The zero-order chi connectivity index (χ0) is 13.2. The van der Waals surface area contributed by atoms with Crippen LogP contribution in [0.15, 0.2) is 29.4 Å². The summed E-state index contributed by atoms with van der Waals surface area (Å²) in [6.45, 7) is 1.52. The average molecular weight is 276 g/mol. The minimum atomic E-state index is -0.245. The molecule has 1 aromatic carbocycles. The lowest BCUT2D eigenvalue weighted by Crippen LogP contribution is -2.03. The number of anilines is 2. The number of hydrogen-bond acceptors (Lipinski definition) is 5. The van der Waals surface area contributed by atoms with Crippen LogP contribution in [-0.4, -0.2) is 16.2 Å². The molecule has 1 aromatic heterocycles. The van der Waals surface area contributed by atoms with Gasteiger partial charge >= 0.3 is 0 Å². The first-order valence-electron chi connectivity index (χ1n) is 5.93. The standard InChI is InChI=1S/C13H13FN4S/c1-19-13-17-11-7-15-6-10(11)12(18-13)16-9-4-2-8(14)3-5-9/h2-5,15H,6-7H2,1H3,(H,16,17,18). The fraction of sp³-hybridized carbons (Fsp3) is 0.231. The van der Waals surface area contributed by atoms with Crippen LogP contribution in [-0.2, 0) is 13.1 Å². The van der Waals surface area contributed by atoms with Crippen molar-refractivity contribution in [3.63, 3.8) is 0 Å². The lowest BCUT2D eigenvalue weighted by atomic mass is 10.2. The Labute approximate surface area is 114 Å². The molecule has 2 N–H and O–H groups in total. The van der Waals surface area contributed by atoms with Gasteiger partial charge in [-0.25, -0.2) is 14.4 Å². The van der Waals surface area contributed by atoms with Gasteiger partial charge in [-0.15, -0.1) is 0 Å². The van der Waals surface area contributed by atoms with Gasteiger partial charge in [0.05, 0.1) is 5.69 Å². The molecule has 3 rings (SSSR count). The fourth-order valence-electron chi connectivity index (χ4n) is 2.01. The average Bonchev–Trinajstić information content (AvgIpc) is 2.89. The smallest absolute Gasteiger partial charge is 0.189 e. The summed E-state index contributed by atoms with van der Waals surface area (Å²) in [5.41, 5.74) is 2.94. The molecule has 2 aromatic rings. The first-order chi connectivity index (χ1) is 9.26. The van der Waals surface area contributed by atoms with E-state index in [2.05, 4.69) is 20.6 Å². The summed E-state index contributed by atoms with van der Waals surface area (Å²) in [4.78, 5) is 8.97. The molecule has 2 heterocycles. The van der Waals surface area contributed by atoms with Crippen LogP contribution >= 0.6 is 11.8 Å². The summed E-state index contributed by atoms with van der Waals surface area (Å²) in [5, 5.41) is 7.24. The van der Waals surface area contributed by atoms with Crippen LogP contribution in [0.3, 0.4) is 0 Å². The van der Waals surface area contributed by atoms with Crippen molar-refractivity contribution in [1.82, 2.24) is 15.3 Å². The molecule has 19 heavy (non-hydrogen) atoms. The molecule has 1 aliphatic heterocycles. The highest BCUT2D eigenvalue weighted by Crippen LogP contribution is 2.26. The highest BCUT2D eigenvalue weighted by Gasteiger charge is 2.18. The minimum Gasteiger partial charge on any atom is -0.340 e. The summed E-state index contributed by atoms with van der Waals surface area (Å²) < 4.78 is 12.9. The van der Waals surface area contributed by atoms with Crippen molar-refractivity contribution in [3.8, 4) is 0 Å². The van der Waals surface area contributed by atoms with Gasteiger partial charge in [-0.05, 0) is 30.5 Å². The van der Waals surface area contributed by atoms with Crippen molar-refractivity contribution in [2.75, 3.05) is 11.6 Å². The van der Waals surface area contributed by atoms with Gasteiger partial charge in [0.2, 0.25) is 0 Å². The van der Waals surface area contributed by atoms with Gasteiger partial charge in [0.1, 0.15) is 11.6 Å². The molecule has 98 valence electrons. The second-order valence-corrected chi connectivity index (χ2v) is 4.99. The first-order valence-corrected chi connectivity index (χ1v) is 7.16. The zero-order valence-corrected chi connectivity index (χ0v) is 11.2. The second-order valence-electron chi connectivity index (χ2n) is 4.22. The lowest BCUT2D eigenvalue weighted by Gasteiger charge is -2.10. The van der Waals surface area contributed by atoms with Gasteiger partial charge < -0.3 is 10.6 Å². The molecule has 0 amide bonds. The van der Waals surface area contributed by atoms with Crippen LogP contribution in [0.25, 0.3) is 0 Å². The molecular weight excluding hydrogens is 263 g/mol. The van der Waals surface area contributed by atoms with Crippen LogP contribution < -0.4 is 10.6 Å². The molecule has 6 heteroatoms. The number of benzene rings is 1. The monoisotopic (exact) mass is 276 g/mol. The molecule has 4 nitrogen and oxygen atoms in total. The van der Waals surface area contributed by atoms with E-state index >= 15 is 0 Å². The second kappa shape index (κ2) is 5.14. The minimum absolute atomic E-state index is 0.245. The Morgan fingerprint density at radius 3 is 2.74 bits per heavy atom. The molecular formula is C13H13FN4S. The Morgan fingerprint density at radius 1 is 1.21 bits per heavy atom. The van der Waals surface area contributed by atoms with Crippen molar-refractivity contribution >= 4 is 23.3 Å². The predicted molar refractivity (Wildman–Crippen MR) is 74.0 cm³/mol. The van der Waals surface area contributed by atoms with Crippen LogP contribution in [0.2, 0.25) is 0 Å². The van der Waals surface area contributed by atoms with Crippen molar-refractivity contribution in [2.24, 2.45) is 0 Å². The highest BCUT2D eigenvalue weighted by molar-refractivity contribution is 7.98. The van der Waals surface area contributed by atoms with E-state index in [9.17, 15) is 4.39 Å². The van der Waals surface area contributed by atoms with E-state index in [4.69, 9.17) is 0 Å². The van der Waals surface area contributed by atoms with E-state index in [1.54, 1.807) is 12.1 Å². The van der Waals surface area contributed by atoms with Gasteiger partial charge in [-0.3, -0.25) is 0 Å². The number of halogens is 1. The number of aromatic nitrogens is 2. The highest BCUT2D eigenvalue weighted by atomic mass is 32.2. The molecule has 0 fully saturated rings. The third-order valence-corrected chi connectivity index (χ3v) is 3.50. The van der Waals surface area contributed by atoms with Crippen LogP contribution in [0.4, 0.5) is 15.9 Å². The summed E-state index contributed by atoms with van der Waals surface area (Å²) in [6, 6.07) is 6.25. The van der Waals surface area contributed by atoms with Gasteiger partial charge in [-0.2, -0.15) is 0 Å². The molecule has 1 aliphatic rings. The maximum Gasteiger partial charge on any atom is 0.189 e. The van der Waals surface area contributed by atoms with Crippen LogP contribution in [0.1, 0.15) is 11.3 Å². The van der Waals surface area contributed by atoms with Gasteiger partial charge in [0.25, 0.3) is 0 Å². The largest absolute Gasteiger partial charge is 0.340 e. The molecule has 0 spiro atoms. The van der Waals surface area contributed by atoms with Gasteiger partial charge in [0, 0.05) is 24.3 Å². The van der Waals surface area contributed by atoms with Crippen molar-refractivity contribution in [2.45, 2.75) is 18.2 Å². The number of nitrogens with one attached hydrogen (secondary N) is 2. The number of thioether (sulfide) groups is 1. The van der Waals surface area contributed by atoms with Gasteiger partial charge in [0.15, 0.2) is 5.16 Å². The fourth-order valence-corrected chi connectivity index (χ4v) is 2.39. The quantitative estimate of drug-likeness (QED) is 0.667. The van der Waals surface area contributed by atoms with E-state index in [0.29, 0.717) is 0 Å². The van der Waals surface area contributed by atoms with E-state index in [0.717, 1.165) is 41.0 Å². The van der Waals surface area contributed by atoms with Gasteiger partial charge in [-0.1, -0.05) is 11.8 Å². The summed E-state index contributed by atoms with van der Waals surface area (Å²) in [6.07, 6.45) is 1.95. The topological polar surface area (TPSA) is 49.8 Å². The molecule has 0 bridgehead atoms. The molecule has 0 radical (unpaired) electrons. The molecule has 0 unspecified atom stereocenters. The zero-order valence-electron chi connectivity index (χ0n) is 10.4. The lowest BCUT2D eigenvalue weighted by molar-refractivity contribution is 0.628. The molecule has 0 aliphatic carbocycles. The van der Waals surface area contributed by atoms with E-state index in [-0.39, 0.29) is 5.82 Å². The van der Waals surface area contributed by atoms with Crippen molar-refractivity contribution < 1.29 is 4.39 Å². The Morgan fingerprint density at radius 2 is 2.00 bits per heavy atom. The number of rotatable bonds is 3. The SMILES string of the molecule is CSc1nc2c(c(Nc3ccc(F)cc3)n1)CNC2. The summed E-state index contributed by atoms with van der Waals surface area (Å²) >= 11 is 1.51. The molecule has 0 atom stereocenters. The normalized spacial score (nSPS) is 13.4. The third-order valence-electron chi connectivity index (χ3n) is 2.96. The number of fused-ring (bicyclic) bond motifs is 1. The summed E-state index contributed by atoms with van der Waals surface area (Å²) in [7, 11) is 0. The molecule has 0 saturated heterocycles. The van der Waals surface area contributed by atoms with Crippen LogP contribution in [0.5, 0.6) is 0 Å². The summed E-state index contributed by atoms with van der Waals surface area (Å²) in [5.74, 6) is 0.552. The Hall–Kier alpha value is -1.66. The maximum absolute atomic E-state index is 12.9. The first kappa shape index (κ1) is 12.4. The predicted octanol–water partition coefficient (Wildman–Crippen LogP) is 2.68. The molecule has 0 saturated carbocycles.